The first kappa shape index (κ1) is 22.8. The average Bonchev–Trinajstić information content (AvgIpc) is 2.67. The maximum absolute atomic E-state index is 13.2. The number of unbranched alkanes of at least 4 members (excludes halogenated alkanes) is 4. The van der Waals surface area contributed by atoms with E-state index < -0.39 is 0 Å². The van der Waals surface area contributed by atoms with E-state index in [1.165, 1.54) is 44.2 Å². The van der Waals surface area contributed by atoms with Crippen LogP contribution < -0.4 is 14.8 Å². The van der Waals surface area contributed by atoms with E-state index in [2.05, 4.69) is 12.2 Å². The summed E-state index contributed by atoms with van der Waals surface area (Å²) in [6.07, 6.45) is 6.28. The number of benzene rings is 2. The van der Waals surface area contributed by atoms with Crippen molar-refractivity contribution < 1.29 is 13.9 Å². The van der Waals surface area contributed by atoms with Crippen LogP contribution >= 0.6 is 23.2 Å². The second kappa shape index (κ2) is 12.2. The molecule has 0 saturated carbocycles. The molecule has 0 aromatic heterocycles. The largest absolute Gasteiger partial charge is 0.493 e. The van der Waals surface area contributed by atoms with Gasteiger partial charge in [0.25, 0.3) is 0 Å². The number of hydrogen-bond donors (Lipinski definition) is 1. The lowest BCUT2D eigenvalue weighted by atomic mass is 10.1. The standard InChI is InChI=1S/C22H28Cl2FNO2/c1-3-4-5-6-7-10-26-14-16-11-20(24)22(21(12-16)27-2)28-15-17-8-9-18(25)13-19(17)23/h8-9,11-13,26H,3-7,10,14-15H2,1-2H3. The first-order valence-electron chi connectivity index (χ1n) is 9.69. The lowest BCUT2D eigenvalue weighted by Gasteiger charge is -2.15. The summed E-state index contributed by atoms with van der Waals surface area (Å²) in [5, 5.41) is 4.22. The van der Waals surface area contributed by atoms with Crippen molar-refractivity contribution in [2.75, 3.05) is 13.7 Å². The predicted octanol–water partition coefficient (Wildman–Crippen LogP) is 6.78. The zero-order chi connectivity index (χ0) is 20.4. The van der Waals surface area contributed by atoms with Crippen molar-refractivity contribution in [3.8, 4) is 11.5 Å². The third-order valence-electron chi connectivity index (χ3n) is 4.46. The molecule has 0 amide bonds. The van der Waals surface area contributed by atoms with Crippen LogP contribution in [0.4, 0.5) is 4.39 Å². The van der Waals surface area contributed by atoms with Gasteiger partial charge in [-0.05, 0) is 42.8 Å². The predicted molar refractivity (Wildman–Crippen MR) is 114 cm³/mol. The Hall–Kier alpha value is -1.49. The van der Waals surface area contributed by atoms with Crippen LogP contribution in [0.25, 0.3) is 0 Å². The fourth-order valence-electron chi connectivity index (χ4n) is 2.89. The van der Waals surface area contributed by atoms with Gasteiger partial charge in [-0.1, -0.05) is 61.9 Å². The van der Waals surface area contributed by atoms with Gasteiger partial charge in [-0.2, -0.15) is 0 Å². The number of methoxy groups -OCH3 is 1. The molecule has 28 heavy (non-hydrogen) atoms. The SMILES string of the molecule is CCCCCCCNCc1cc(Cl)c(OCc2ccc(F)cc2Cl)c(OC)c1. The Balaban J connectivity index is 1.93. The summed E-state index contributed by atoms with van der Waals surface area (Å²) >= 11 is 12.5. The van der Waals surface area contributed by atoms with Crippen LogP contribution in [0.2, 0.25) is 10.0 Å². The van der Waals surface area contributed by atoms with Crippen molar-refractivity contribution in [2.24, 2.45) is 0 Å². The van der Waals surface area contributed by atoms with Crippen molar-refractivity contribution in [1.82, 2.24) is 5.32 Å². The first-order valence-corrected chi connectivity index (χ1v) is 10.4. The van der Waals surface area contributed by atoms with E-state index in [-0.39, 0.29) is 12.4 Å². The molecule has 0 unspecified atom stereocenters. The Labute approximate surface area is 177 Å². The highest BCUT2D eigenvalue weighted by atomic mass is 35.5. The van der Waals surface area contributed by atoms with Gasteiger partial charge in [0.15, 0.2) is 11.5 Å². The summed E-state index contributed by atoms with van der Waals surface area (Å²) in [4.78, 5) is 0. The molecule has 3 nitrogen and oxygen atoms in total. The summed E-state index contributed by atoms with van der Waals surface area (Å²) in [5.74, 6) is 0.630. The minimum atomic E-state index is -0.383. The Morgan fingerprint density at radius 1 is 1.00 bits per heavy atom. The molecule has 0 bridgehead atoms. The second-order valence-corrected chi connectivity index (χ2v) is 7.54. The van der Waals surface area contributed by atoms with E-state index >= 15 is 0 Å². The van der Waals surface area contributed by atoms with Gasteiger partial charge in [-0.15, -0.1) is 0 Å². The van der Waals surface area contributed by atoms with Crippen LogP contribution in [0.3, 0.4) is 0 Å². The van der Waals surface area contributed by atoms with Crippen LogP contribution in [0.1, 0.15) is 50.2 Å². The summed E-state index contributed by atoms with van der Waals surface area (Å²) in [5.41, 5.74) is 1.71. The molecule has 0 atom stereocenters. The number of halogens is 3. The van der Waals surface area contributed by atoms with E-state index in [1.54, 1.807) is 13.2 Å². The number of hydrogen-bond acceptors (Lipinski definition) is 3. The zero-order valence-electron chi connectivity index (χ0n) is 16.5. The number of ether oxygens (including phenoxy) is 2. The van der Waals surface area contributed by atoms with Crippen molar-refractivity contribution in [3.05, 3.63) is 57.3 Å². The molecular formula is C22H28Cl2FNO2. The van der Waals surface area contributed by atoms with E-state index in [9.17, 15) is 4.39 Å². The van der Waals surface area contributed by atoms with Crippen molar-refractivity contribution >= 4 is 23.2 Å². The van der Waals surface area contributed by atoms with Crippen LogP contribution in [-0.4, -0.2) is 13.7 Å². The molecule has 0 radical (unpaired) electrons. The quantitative estimate of drug-likeness (QED) is 0.378. The van der Waals surface area contributed by atoms with Gasteiger partial charge in [-0.25, -0.2) is 4.39 Å². The summed E-state index contributed by atoms with van der Waals surface area (Å²) < 4.78 is 24.4. The molecule has 154 valence electrons. The smallest absolute Gasteiger partial charge is 0.180 e. The molecule has 0 spiro atoms. The minimum absolute atomic E-state index is 0.171. The van der Waals surface area contributed by atoms with E-state index in [1.807, 2.05) is 12.1 Å². The maximum Gasteiger partial charge on any atom is 0.180 e. The Bertz CT molecular complexity index is 756. The van der Waals surface area contributed by atoms with Gasteiger partial charge in [0.2, 0.25) is 0 Å². The Kier molecular flexibility index (Phi) is 9.89. The molecule has 0 aliphatic carbocycles. The monoisotopic (exact) mass is 427 g/mol. The Morgan fingerprint density at radius 3 is 2.50 bits per heavy atom. The molecule has 2 aromatic carbocycles. The highest BCUT2D eigenvalue weighted by Gasteiger charge is 2.13. The number of rotatable bonds is 12. The van der Waals surface area contributed by atoms with E-state index in [0.29, 0.717) is 33.7 Å². The molecule has 0 fully saturated rings. The van der Waals surface area contributed by atoms with Crippen LogP contribution in [0.15, 0.2) is 30.3 Å². The van der Waals surface area contributed by atoms with Gasteiger partial charge >= 0.3 is 0 Å². The molecule has 0 aliphatic heterocycles. The lowest BCUT2D eigenvalue weighted by molar-refractivity contribution is 0.284. The summed E-state index contributed by atoms with van der Waals surface area (Å²) in [7, 11) is 1.58. The fraction of sp³-hybridized carbons (Fsp3) is 0.455. The molecule has 1 N–H and O–H groups in total. The number of nitrogens with one attached hydrogen (secondary N) is 1. The van der Waals surface area contributed by atoms with Crippen LogP contribution in [0.5, 0.6) is 11.5 Å². The third kappa shape index (κ3) is 7.16. The van der Waals surface area contributed by atoms with Gasteiger partial charge in [0.05, 0.1) is 17.2 Å². The summed E-state index contributed by atoms with van der Waals surface area (Å²) in [6, 6.07) is 7.99. The topological polar surface area (TPSA) is 30.5 Å². The van der Waals surface area contributed by atoms with Crippen molar-refractivity contribution in [1.29, 1.82) is 0 Å². The van der Waals surface area contributed by atoms with E-state index in [4.69, 9.17) is 32.7 Å². The third-order valence-corrected chi connectivity index (χ3v) is 5.10. The second-order valence-electron chi connectivity index (χ2n) is 6.72. The van der Waals surface area contributed by atoms with E-state index in [0.717, 1.165) is 12.1 Å². The van der Waals surface area contributed by atoms with Gasteiger partial charge < -0.3 is 14.8 Å². The minimum Gasteiger partial charge on any atom is -0.493 e. The average molecular weight is 428 g/mol. The molecule has 0 heterocycles. The van der Waals surface area contributed by atoms with Crippen LogP contribution in [-0.2, 0) is 13.2 Å². The molecule has 0 saturated heterocycles. The molecule has 2 aromatic rings. The van der Waals surface area contributed by atoms with Gasteiger partial charge in [-0.3, -0.25) is 0 Å². The summed E-state index contributed by atoms with van der Waals surface area (Å²) in [6.45, 7) is 4.08. The fourth-order valence-corrected chi connectivity index (χ4v) is 3.40. The molecular weight excluding hydrogens is 400 g/mol. The Morgan fingerprint density at radius 2 is 1.79 bits per heavy atom. The molecule has 2 rings (SSSR count). The molecule has 6 heteroatoms. The lowest BCUT2D eigenvalue weighted by Crippen LogP contribution is -2.14. The normalized spacial score (nSPS) is 10.9. The van der Waals surface area contributed by atoms with Crippen molar-refractivity contribution in [3.63, 3.8) is 0 Å². The van der Waals surface area contributed by atoms with Crippen molar-refractivity contribution in [2.45, 2.75) is 52.2 Å². The highest BCUT2D eigenvalue weighted by Crippen LogP contribution is 2.37. The maximum atomic E-state index is 13.2. The zero-order valence-corrected chi connectivity index (χ0v) is 18.0. The first-order chi connectivity index (χ1) is 13.5. The highest BCUT2D eigenvalue weighted by molar-refractivity contribution is 6.32. The van der Waals surface area contributed by atoms with Gasteiger partial charge in [0.1, 0.15) is 12.4 Å². The van der Waals surface area contributed by atoms with Crippen LogP contribution in [0, 0.1) is 5.82 Å². The van der Waals surface area contributed by atoms with Gasteiger partial charge in [0, 0.05) is 12.1 Å². The molecule has 0 aliphatic rings.